The minimum atomic E-state index is -0.456. The molecular weight excluding hydrogens is 280 g/mol. The van der Waals surface area contributed by atoms with E-state index in [0.717, 1.165) is 0 Å². The first-order chi connectivity index (χ1) is 9.40. The molecule has 0 aromatic heterocycles. The van der Waals surface area contributed by atoms with Crippen molar-refractivity contribution in [1.82, 2.24) is 0 Å². The first-order valence-corrected chi connectivity index (χ1v) is 7.99. The summed E-state index contributed by atoms with van der Waals surface area (Å²) in [7, 11) is 0. The molecule has 0 bridgehead atoms. The van der Waals surface area contributed by atoms with Crippen LogP contribution >= 0.6 is 11.8 Å². The maximum Gasteiger partial charge on any atom is 0.305 e. The number of hydrogen-bond donors (Lipinski definition) is 0. The predicted molar refractivity (Wildman–Crippen MR) is 78.6 cm³/mol. The van der Waals surface area contributed by atoms with Gasteiger partial charge in [0, 0.05) is 30.3 Å². The Morgan fingerprint density at radius 1 is 1.05 bits per heavy atom. The molecule has 0 N–H and O–H groups in total. The molecule has 0 heterocycles. The number of carbonyl (C=O) groups is 3. The Balaban J connectivity index is 4.19. The van der Waals surface area contributed by atoms with E-state index in [4.69, 9.17) is 9.47 Å². The van der Waals surface area contributed by atoms with E-state index >= 15 is 0 Å². The number of thioether (sulfide) groups is 1. The SMILES string of the molecule is CCC(=O)OC[C@@H](CSC[C@H](C)C(C)=O)OC(=O)CC. The smallest absolute Gasteiger partial charge is 0.305 e. The second kappa shape index (κ2) is 10.7. The molecule has 20 heavy (non-hydrogen) atoms. The molecule has 0 spiro atoms. The zero-order chi connectivity index (χ0) is 15.5. The van der Waals surface area contributed by atoms with E-state index in [1.165, 1.54) is 11.8 Å². The van der Waals surface area contributed by atoms with E-state index < -0.39 is 6.10 Å². The minimum absolute atomic E-state index is 0.0271. The summed E-state index contributed by atoms with van der Waals surface area (Å²) in [6, 6.07) is 0. The lowest BCUT2D eigenvalue weighted by Crippen LogP contribution is -2.27. The van der Waals surface area contributed by atoms with Crippen LogP contribution in [0, 0.1) is 5.92 Å². The number of ketones is 1. The van der Waals surface area contributed by atoms with Crippen LogP contribution in [0.3, 0.4) is 0 Å². The molecule has 0 rings (SSSR count). The molecule has 0 amide bonds. The number of hydrogen-bond acceptors (Lipinski definition) is 6. The lowest BCUT2D eigenvalue weighted by atomic mass is 10.1. The van der Waals surface area contributed by atoms with Gasteiger partial charge in [-0.25, -0.2) is 0 Å². The summed E-state index contributed by atoms with van der Waals surface area (Å²) in [5.41, 5.74) is 0. The van der Waals surface area contributed by atoms with Gasteiger partial charge in [-0.15, -0.1) is 0 Å². The van der Waals surface area contributed by atoms with Crippen molar-refractivity contribution >= 4 is 29.5 Å². The Kier molecular flexibility index (Phi) is 10.2. The van der Waals surface area contributed by atoms with Gasteiger partial charge in [0.25, 0.3) is 0 Å². The van der Waals surface area contributed by atoms with Crippen molar-refractivity contribution in [3.63, 3.8) is 0 Å². The molecule has 0 aliphatic carbocycles. The Bertz CT molecular complexity index is 330. The Hall–Kier alpha value is -1.04. The summed E-state index contributed by atoms with van der Waals surface area (Å²) in [6.45, 7) is 6.91. The van der Waals surface area contributed by atoms with Gasteiger partial charge in [0.1, 0.15) is 18.5 Å². The van der Waals surface area contributed by atoms with Crippen LogP contribution in [0.15, 0.2) is 0 Å². The highest BCUT2D eigenvalue weighted by Crippen LogP contribution is 2.13. The van der Waals surface area contributed by atoms with Crippen molar-refractivity contribution in [2.75, 3.05) is 18.1 Å². The second-order valence-electron chi connectivity index (χ2n) is 4.55. The highest BCUT2D eigenvalue weighted by Gasteiger charge is 2.17. The summed E-state index contributed by atoms with van der Waals surface area (Å²) in [5.74, 6) is 0.655. The fraction of sp³-hybridized carbons (Fsp3) is 0.786. The van der Waals surface area contributed by atoms with Gasteiger partial charge < -0.3 is 9.47 Å². The number of Topliss-reactive ketones (excluding diaryl/α,β-unsaturated/α-hetero) is 1. The van der Waals surface area contributed by atoms with E-state index in [1.54, 1.807) is 20.8 Å². The Morgan fingerprint density at radius 2 is 1.65 bits per heavy atom. The first-order valence-electron chi connectivity index (χ1n) is 6.83. The molecule has 5 nitrogen and oxygen atoms in total. The highest BCUT2D eigenvalue weighted by molar-refractivity contribution is 7.99. The van der Waals surface area contributed by atoms with Gasteiger partial charge in [-0.05, 0) is 6.92 Å². The fourth-order valence-corrected chi connectivity index (χ4v) is 2.32. The van der Waals surface area contributed by atoms with Crippen LogP contribution in [0.25, 0.3) is 0 Å². The number of rotatable bonds is 10. The van der Waals surface area contributed by atoms with Crippen LogP contribution in [-0.4, -0.2) is 41.9 Å². The molecule has 0 aliphatic rings. The Labute approximate surface area is 124 Å². The molecule has 0 aromatic rings. The summed E-state index contributed by atoms with van der Waals surface area (Å²) >= 11 is 1.52. The van der Waals surface area contributed by atoms with Gasteiger partial charge in [0.2, 0.25) is 0 Å². The van der Waals surface area contributed by atoms with Crippen LogP contribution in [0.5, 0.6) is 0 Å². The van der Waals surface area contributed by atoms with E-state index in [-0.39, 0.29) is 36.7 Å². The molecule has 2 atom stereocenters. The van der Waals surface area contributed by atoms with Gasteiger partial charge >= 0.3 is 11.9 Å². The third kappa shape index (κ3) is 8.96. The lowest BCUT2D eigenvalue weighted by Gasteiger charge is -2.18. The predicted octanol–water partition coefficient (Wildman–Crippen LogP) is 2.22. The van der Waals surface area contributed by atoms with Gasteiger partial charge in [0.05, 0.1) is 0 Å². The van der Waals surface area contributed by atoms with Crippen LogP contribution in [0.2, 0.25) is 0 Å². The highest BCUT2D eigenvalue weighted by atomic mass is 32.2. The summed E-state index contributed by atoms with van der Waals surface area (Å²) < 4.78 is 10.2. The van der Waals surface area contributed by atoms with Gasteiger partial charge in [-0.1, -0.05) is 20.8 Å². The van der Waals surface area contributed by atoms with Crippen LogP contribution < -0.4 is 0 Å². The van der Waals surface area contributed by atoms with Crippen molar-refractivity contribution in [2.24, 2.45) is 5.92 Å². The molecule has 0 radical (unpaired) electrons. The average molecular weight is 304 g/mol. The minimum Gasteiger partial charge on any atom is -0.462 e. The molecule has 116 valence electrons. The maximum atomic E-state index is 11.3. The monoisotopic (exact) mass is 304 g/mol. The van der Waals surface area contributed by atoms with Crippen molar-refractivity contribution in [2.45, 2.75) is 46.6 Å². The summed E-state index contributed by atoms with van der Waals surface area (Å²) in [4.78, 5) is 33.6. The third-order valence-electron chi connectivity index (χ3n) is 2.67. The first kappa shape index (κ1) is 19.0. The molecule has 0 aliphatic heterocycles. The molecule has 6 heteroatoms. The quantitative estimate of drug-likeness (QED) is 0.576. The van der Waals surface area contributed by atoms with Gasteiger partial charge in [0.15, 0.2) is 0 Å². The van der Waals surface area contributed by atoms with Crippen LogP contribution in [0.4, 0.5) is 0 Å². The molecule has 0 unspecified atom stereocenters. The van der Waals surface area contributed by atoms with E-state index in [0.29, 0.717) is 17.9 Å². The summed E-state index contributed by atoms with van der Waals surface area (Å²) in [6.07, 6.45) is 0.123. The number of ether oxygens (including phenoxy) is 2. The van der Waals surface area contributed by atoms with Gasteiger partial charge in [-0.2, -0.15) is 11.8 Å². The van der Waals surface area contributed by atoms with Crippen molar-refractivity contribution in [3.05, 3.63) is 0 Å². The maximum absolute atomic E-state index is 11.3. The van der Waals surface area contributed by atoms with Crippen molar-refractivity contribution < 1.29 is 23.9 Å². The van der Waals surface area contributed by atoms with E-state index in [1.807, 2.05) is 6.92 Å². The summed E-state index contributed by atoms with van der Waals surface area (Å²) in [5, 5.41) is 0. The topological polar surface area (TPSA) is 69.7 Å². The largest absolute Gasteiger partial charge is 0.462 e. The fourth-order valence-electron chi connectivity index (χ4n) is 1.17. The standard InChI is InChI=1S/C14H24O5S/c1-5-13(16)18-7-12(19-14(17)6-2)9-20-8-10(3)11(4)15/h10,12H,5-9H2,1-4H3/t10-,12-/m0/s1. The van der Waals surface area contributed by atoms with Gasteiger partial charge in [-0.3, -0.25) is 14.4 Å². The van der Waals surface area contributed by atoms with Crippen LogP contribution in [0.1, 0.15) is 40.5 Å². The van der Waals surface area contributed by atoms with E-state index in [2.05, 4.69) is 0 Å². The molecule has 0 saturated heterocycles. The number of carbonyl (C=O) groups excluding carboxylic acids is 3. The molecular formula is C14H24O5S. The lowest BCUT2D eigenvalue weighted by molar-refractivity contribution is -0.157. The average Bonchev–Trinajstić information content (AvgIpc) is 2.43. The molecule has 0 aromatic carbocycles. The third-order valence-corrected chi connectivity index (χ3v) is 4.01. The zero-order valence-electron chi connectivity index (χ0n) is 12.6. The van der Waals surface area contributed by atoms with Crippen LogP contribution in [-0.2, 0) is 23.9 Å². The Morgan fingerprint density at radius 3 is 2.15 bits per heavy atom. The molecule has 0 saturated carbocycles. The van der Waals surface area contributed by atoms with Crippen molar-refractivity contribution in [3.8, 4) is 0 Å². The van der Waals surface area contributed by atoms with E-state index in [9.17, 15) is 14.4 Å². The molecule has 0 fully saturated rings. The normalized spacial score (nSPS) is 13.4. The number of esters is 2. The second-order valence-corrected chi connectivity index (χ2v) is 5.63. The zero-order valence-corrected chi connectivity index (χ0v) is 13.5. The van der Waals surface area contributed by atoms with Crippen molar-refractivity contribution in [1.29, 1.82) is 0 Å².